The summed E-state index contributed by atoms with van der Waals surface area (Å²) < 4.78 is 23.1. The Labute approximate surface area is 100 Å². The normalized spacial score (nSPS) is 19.6. The molecule has 0 saturated heterocycles. The molecule has 1 aromatic heterocycles. The summed E-state index contributed by atoms with van der Waals surface area (Å²) in [4.78, 5) is 8.43. The van der Waals surface area contributed by atoms with E-state index in [2.05, 4.69) is 9.97 Å². The van der Waals surface area contributed by atoms with Crippen LogP contribution >= 0.6 is 0 Å². The Morgan fingerprint density at radius 2 is 2.12 bits per heavy atom. The lowest BCUT2D eigenvalue weighted by molar-refractivity contribution is 0.589. The van der Waals surface area contributed by atoms with E-state index < -0.39 is 9.84 Å². The second kappa shape index (κ2) is 4.23. The Hall–Kier alpha value is -1.21. The minimum Gasteiger partial charge on any atom is -0.383 e. The van der Waals surface area contributed by atoms with Gasteiger partial charge in [-0.15, -0.1) is 0 Å². The van der Waals surface area contributed by atoms with Crippen LogP contribution < -0.4 is 11.5 Å². The highest BCUT2D eigenvalue weighted by atomic mass is 32.2. The summed E-state index contributed by atoms with van der Waals surface area (Å²) in [6.45, 7) is 1.84. The largest absolute Gasteiger partial charge is 0.383 e. The van der Waals surface area contributed by atoms with Crippen molar-refractivity contribution in [1.82, 2.24) is 9.97 Å². The molecule has 0 aliphatic carbocycles. The average Bonchev–Trinajstić information content (AvgIpc) is 2.13. The Balaban J connectivity index is 2.41. The van der Waals surface area contributed by atoms with Crippen LogP contribution in [0.1, 0.15) is 24.0 Å². The second-order valence-corrected chi connectivity index (χ2v) is 6.66. The van der Waals surface area contributed by atoms with Crippen LogP contribution in [-0.2, 0) is 28.4 Å². The zero-order chi connectivity index (χ0) is 12.6. The zero-order valence-corrected chi connectivity index (χ0v) is 10.5. The van der Waals surface area contributed by atoms with E-state index in [9.17, 15) is 8.42 Å². The number of nitrogens with zero attached hydrogens (tertiary/aromatic N) is 2. The van der Waals surface area contributed by atoms with Crippen molar-refractivity contribution < 1.29 is 8.42 Å². The van der Waals surface area contributed by atoms with Crippen LogP contribution in [0.4, 0.5) is 5.82 Å². The van der Waals surface area contributed by atoms with Crippen LogP contribution in [-0.4, -0.2) is 30.2 Å². The lowest BCUT2D eigenvalue weighted by Gasteiger charge is -2.18. The van der Waals surface area contributed by atoms with E-state index in [1.807, 2.05) is 6.92 Å². The molecule has 0 aromatic carbocycles. The molecule has 1 aromatic rings. The lowest BCUT2D eigenvalue weighted by atomic mass is 10.1. The minimum atomic E-state index is -3.04. The number of nitrogens with two attached hydrogens (primary N) is 2. The molecule has 4 N–H and O–H groups in total. The minimum absolute atomic E-state index is 0.0407. The lowest BCUT2D eigenvalue weighted by Crippen LogP contribution is -2.25. The Kier molecular flexibility index (Phi) is 3.05. The third-order valence-electron chi connectivity index (χ3n) is 2.70. The van der Waals surface area contributed by atoms with E-state index in [0.29, 0.717) is 30.2 Å². The van der Waals surface area contributed by atoms with Gasteiger partial charge in [0.15, 0.2) is 9.84 Å². The molecule has 0 fully saturated rings. The summed E-state index contributed by atoms with van der Waals surface area (Å²) in [5, 5.41) is 0. The number of aromatic nitrogens is 2. The zero-order valence-electron chi connectivity index (χ0n) is 9.68. The predicted octanol–water partition coefficient (Wildman–Crippen LogP) is -0.581. The third-order valence-corrected chi connectivity index (χ3v) is 4.23. The van der Waals surface area contributed by atoms with Gasteiger partial charge in [-0.3, -0.25) is 0 Å². The fourth-order valence-electron chi connectivity index (χ4n) is 1.91. The second-order valence-electron chi connectivity index (χ2n) is 4.47. The molecule has 1 atom stereocenters. The van der Waals surface area contributed by atoms with Crippen molar-refractivity contribution in [3.63, 3.8) is 0 Å². The van der Waals surface area contributed by atoms with Gasteiger partial charge in [0.2, 0.25) is 0 Å². The van der Waals surface area contributed by atoms with Crippen molar-refractivity contribution in [3.8, 4) is 0 Å². The Morgan fingerprint density at radius 1 is 1.41 bits per heavy atom. The van der Waals surface area contributed by atoms with Crippen molar-refractivity contribution >= 4 is 15.7 Å². The molecule has 0 spiro atoms. The molecule has 0 saturated carbocycles. The van der Waals surface area contributed by atoms with Gasteiger partial charge in [-0.05, 0) is 13.3 Å². The molecule has 2 heterocycles. The smallest absolute Gasteiger partial charge is 0.156 e. The fourth-order valence-corrected chi connectivity index (χ4v) is 3.23. The third kappa shape index (κ3) is 2.73. The van der Waals surface area contributed by atoms with Gasteiger partial charge in [0.25, 0.3) is 0 Å². The molecule has 94 valence electrons. The van der Waals surface area contributed by atoms with E-state index >= 15 is 0 Å². The number of fused-ring (bicyclic) bond motifs is 1. The number of rotatable bonds is 2. The molecular weight excluding hydrogens is 240 g/mol. The van der Waals surface area contributed by atoms with Crippen LogP contribution in [0.5, 0.6) is 0 Å². The van der Waals surface area contributed by atoms with Crippen molar-refractivity contribution in [1.29, 1.82) is 0 Å². The standard InChI is InChI=1S/C10H16N4O2S/c1-6(11)4-9-13-8-5-17(15,16)3-2-7(8)10(12)14-9/h6H,2-5,11H2,1H3,(H2,12,13,14). The molecule has 0 bridgehead atoms. The number of sulfone groups is 1. The Morgan fingerprint density at radius 3 is 2.76 bits per heavy atom. The van der Waals surface area contributed by atoms with Gasteiger partial charge < -0.3 is 11.5 Å². The number of hydrogen-bond acceptors (Lipinski definition) is 6. The van der Waals surface area contributed by atoms with Gasteiger partial charge in [-0.25, -0.2) is 18.4 Å². The molecule has 0 radical (unpaired) electrons. The summed E-state index contributed by atoms with van der Waals surface area (Å²) >= 11 is 0. The first-order valence-electron chi connectivity index (χ1n) is 5.47. The summed E-state index contributed by atoms with van der Waals surface area (Å²) in [6.07, 6.45) is 0.902. The Bertz CT molecular complexity index is 539. The molecule has 1 aliphatic rings. The number of hydrogen-bond donors (Lipinski definition) is 2. The molecule has 7 heteroatoms. The van der Waals surface area contributed by atoms with Gasteiger partial charge in [0, 0.05) is 18.0 Å². The van der Waals surface area contributed by atoms with E-state index in [-0.39, 0.29) is 17.5 Å². The topological polar surface area (TPSA) is 112 Å². The number of anilines is 1. The SMILES string of the molecule is CC(N)Cc1nc(N)c2c(n1)CS(=O)(=O)CC2. The summed E-state index contributed by atoms with van der Waals surface area (Å²) in [6, 6.07) is -0.0763. The molecular formula is C10H16N4O2S. The quantitative estimate of drug-likeness (QED) is 0.732. The molecule has 1 unspecified atom stereocenters. The fraction of sp³-hybridized carbons (Fsp3) is 0.600. The van der Waals surface area contributed by atoms with Crippen LogP contribution in [0, 0.1) is 0 Å². The van der Waals surface area contributed by atoms with Crippen molar-refractivity contribution in [2.45, 2.75) is 31.6 Å². The first kappa shape index (κ1) is 12.3. The van der Waals surface area contributed by atoms with E-state index in [1.165, 1.54) is 0 Å². The molecule has 2 rings (SSSR count). The molecule has 0 amide bonds. The first-order valence-corrected chi connectivity index (χ1v) is 7.29. The van der Waals surface area contributed by atoms with Crippen LogP contribution in [0.25, 0.3) is 0 Å². The highest BCUT2D eigenvalue weighted by molar-refractivity contribution is 7.90. The van der Waals surface area contributed by atoms with E-state index in [1.54, 1.807) is 0 Å². The van der Waals surface area contributed by atoms with Gasteiger partial charge in [-0.2, -0.15) is 0 Å². The molecule has 6 nitrogen and oxygen atoms in total. The monoisotopic (exact) mass is 256 g/mol. The van der Waals surface area contributed by atoms with Gasteiger partial charge in [0.05, 0.1) is 17.2 Å². The van der Waals surface area contributed by atoms with Crippen LogP contribution in [0.15, 0.2) is 0 Å². The molecule has 1 aliphatic heterocycles. The van der Waals surface area contributed by atoms with Gasteiger partial charge in [-0.1, -0.05) is 0 Å². The van der Waals surface area contributed by atoms with Crippen LogP contribution in [0.3, 0.4) is 0 Å². The number of nitrogen functional groups attached to an aromatic ring is 1. The van der Waals surface area contributed by atoms with Crippen molar-refractivity contribution in [3.05, 3.63) is 17.1 Å². The average molecular weight is 256 g/mol. The van der Waals surface area contributed by atoms with Crippen molar-refractivity contribution in [2.24, 2.45) is 5.73 Å². The summed E-state index contributed by atoms with van der Waals surface area (Å²) in [7, 11) is -3.04. The van der Waals surface area contributed by atoms with Gasteiger partial charge in [0.1, 0.15) is 11.6 Å². The maximum atomic E-state index is 11.5. The van der Waals surface area contributed by atoms with E-state index in [0.717, 1.165) is 5.56 Å². The summed E-state index contributed by atoms with van der Waals surface area (Å²) in [5.41, 5.74) is 12.8. The van der Waals surface area contributed by atoms with Crippen molar-refractivity contribution in [2.75, 3.05) is 11.5 Å². The maximum absolute atomic E-state index is 11.5. The molecule has 17 heavy (non-hydrogen) atoms. The predicted molar refractivity (Wildman–Crippen MR) is 65.0 cm³/mol. The maximum Gasteiger partial charge on any atom is 0.156 e. The summed E-state index contributed by atoms with van der Waals surface area (Å²) in [5.74, 6) is 0.996. The van der Waals surface area contributed by atoms with Crippen LogP contribution in [0.2, 0.25) is 0 Å². The highest BCUT2D eigenvalue weighted by Gasteiger charge is 2.25. The van der Waals surface area contributed by atoms with E-state index in [4.69, 9.17) is 11.5 Å². The first-order chi connectivity index (χ1) is 7.87. The van der Waals surface area contributed by atoms with Gasteiger partial charge >= 0.3 is 0 Å². The highest BCUT2D eigenvalue weighted by Crippen LogP contribution is 2.23.